The van der Waals surface area contributed by atoms with Gasteiger partial charge >= 0.3 is 18.0 Å². The van der Waals surface area contributed by atoms with E-state index in [2.05, 4.69) is 20.1 Å². The molecule has 0 saturated carbocycles. The number of benzene rings is 1. The lowest BCUT2D eigenvalue weighted by Crippen LogP contribution is -2.56. The minimum Gasteiger partial charge on any atom is -0.469 e. The number of ether oxygens (including phenoxy) is 3. The fourth-order valence-electron chi connectivity index (χ4n) is 2.57. The summed E-state index contributed by atoms with van der Waals surface area (Å²) in [6.07, 6.45) is -2.29. The Bertz CT molecular complexity index is 723. The van der Waals surface area contributed by atoms with Crippen LogP contribution in [0.15, 0.2) is 30.3 Å². The molecule has 4 atom stereocenters. The van der Waals surface area contributed by atoms with Crippen LogP contribution in [0, 0.1) is 5.92 Å². The molecule has 0 aliphatic rings. The Labute approximate surface area is 174 Å². The summed E-state index contributed by atoms with van der Waals surface area (Å²) < 4.78 is 14.3. The van der Waals surface area contributed by atoms with E-state index in [1.54, 1.807) is 24.3 Å². The molecular weight excluding hydrogens is 396 g/mol. The Morgan fingerprint density at radius 1 is 0.967 bits per heavy atom. The van der Waals surface area contributed by atoms with Gasteiger partial charge in [-0.3, -0.25) is 9.59 Å². The summed E-state index contributed by atoms with van der Waals surface area (Å²) in [4.78, 5) is 48.2. The van der Waals surface area contributed by atoms with Gasteiger partial charge in [-0.2, -0.15) is 0 Å². The molecule has 0 radical (unpaired) electrons. The Balaban J connectivity index is 2.75. The normalized spacial score (nSPS) is 14.4. The van der Waals surface area contributed by atoms with Crippen molar-refractivity contribution in [2.24, 2.45) is 5.92 Å². The third-order valence-corrected chi connectivity index (χ3v) is 4.25. The van der Waals surface area contributed by atoms with Crippen LogP contribution >= 0.6 is 0 Å². The molecule has 0 fully saturated rings. The Morgan fingerprint density at radius 2 is 1.57 bits per heavy atom. The van der Waals surface area contributed by atoms with Gasteiger partial charge in [-0.1, -0.05) is 37.3 Å². The highest BCUT2D eigenvalue weighted by molar-refractivity contribution is 5.90. The monoisotopic (exact) mass is 424 g/mol. The largest absolute Gasteiger partial charge is 0.469 e. The lowest BCUT2D eigenvalue weighted by molar-refractivity contribution is -0.149. The molecule has 0 aliphatic carbocycles. The van der Waals surface area contributed by atoms with Crippen LogP contribution in [0.1, 0.15) is 25.8 Å². The first kappa shape index (κ1) is 24.9. The van der Waals surface area contributed by atoms with Crippen molar-refractivity contribution in [1.29, 1.82) is 0 Å². The van der Waals surface area contributed by atoms with Crippen molar-refractivity contribution < 1.29 is 38.5 Å². The van der Waals surface area contributed by atoms with Gasteiger partial charge in [0.1, 0.15) is 18.7 Å². The van der Waals surface area contributed by atoms with E-state index in [1.807, 2.05) is 6.07 Å². The third kappa shape index (κ3) is 8.08. The molecule has 0 aromatic heterocycles. The number of alkyl carbamates (subject to hydrolysis) is 1. The van der Waals surface area contributed by atoms with E-state index in [9.17, 15) is 24.3 Å². The molecule has 0 spiro atoms. The SMILES string of the molecule is COC(=O)[C@H](C)C[C@H](NC(=O)[C@@H](NC(=O)OCc1ccccc1)[C@@H](C)O)C(=O)OC. The van der Waals surface area contributed by atoms with Crippen LogP contribution in [0.4, 0.5) is 4.79 Å². The number of rotatable bonds is 10. The molecule has 30 heavy (non-hydrogen) atoms. The summed E-state index contributed by atoms with van der Waals surface area (Å²) >= 11 is 0. The fourth-order valence-corrected chi connectivity index (χ4v) is 2.57. The molecule has 166 valence electrons. The van der Waals surface area contributed by atoms with Gasteiger partial charge in [0.15, 0.2) is 0 Å². The number of amides is 2. The standard InChI is InChI=1S/C20H28N2O8/c1-12(18(25)28-3)10-15(19(26)29-4)21-17(24)16(13(2)23)22-20(27)30-11-14-8-6-5-7-9-14/h5-9,12-13,15-16,23H,10-11H2,1-4H3,(H,21,24)(H,22,27)/t12-,13-,15+,16+/m1/s1. The number of aliphatic hydroxyl groups excluding tert-OH is 1. The maximum Gasteiger partial charge on any atom is 0.408 e. The maximum atomic E-state index is 12.6. The molecule has 1 rings (SSSR count). The zero-order chi connectivity index (χ0) is 22.7. The van der Waals surface area contributed by atoms with Crippen molar-refractivity contribution in [2.75, 3.05) is 14.2 Å². The lowest BCUT2D eigenvalue weighted by Gasteiger charge is -2.24. The zero-order valence-corrected chi connectivity index (χ0v) is 17.4. The van der Waals surface area contributed by atoms with E-state index < -0.39 is 48.0 Å². The molecule has 2 amide bonds. The van der Waals surface area contributed by atoms with Crippen molar-refractivity contribution >= 4 is 23.9 Å². The Morgan fingerprint density at radius 3 is 2.10 bits per heavy atom. The number of carbonyl (C=O) groups is 4. The number of esters is 2. The average molecular weight is 424 g/mol. The van der Waals surface area contributed by atoms with Crippen LogP contribution < -0.4 is 10.6 Å². The highest BCUT2D eigenvalue weighted by Crippen LogP contribution is 2.10. The first-order chi connectivity index (χ1) is 14.2. The molecule has 0 saturated heterocycles. The Kier molecular flexibility index (Phi) is 10.3. The van der Waals surface area contributed by atoms with Gasteiger partial charge in [-0.15, -0.1) is 0 Å². The van der Waals surface area contributed by atoms with Crippen molar-refractivity contribution in [3.8, 4) is 0 Å². The smallest absolute Gasteiger partial charge is 0.408 e. The van der Waals surface area contributed by atoms with Gasteiger partial charge in [0.2, 0.25) is 5.91 Å². The number of carbonyl (C=O) groups excluding carboxylic acids is 4. The van der Waals surface area contributed by atoms with Crippen molar-refractivity contribution in [3.63, 3.8) is 0 Å². The van der Waals surface area contributed by atoms with Gasteiger partial charge in [-0.25, -0.2) is 9.59 Å². The number of nitrogens with one attached hydrogen (secondary N) is 2. The average Bonchev–Trinajstić information content (AvgIpc) is 2.74. The van der Waals surface area contributed by atoms with E-state index in [4.69, 9.17) is 4.74 Å². The van der Waals surface area contributed by atoms with Gasteiger partial charge in [0.25, 0.3) is 0 Å². The van der Waals surface area contributed by atoms with Crippen LogP contribution in [-0.4, -0.2) is 61.5 Å². The summed E-state index contributed by atoms with van der Waals surface area (Å²) in [5, 5.41) is 14.6. The second-order valence-corrected chi connectivity index (χ2v) is 6.67. The fraction of sp³-hybridized carbons (Fsp3) is 0.500. The van der Waals surface area contributed by atoms with Gasteiger partial charge < -0.3 is 30.0 Å². The van der Waals surface area contributed by atoms with E-state index in [0.717, 1.165) is 12.7 Å². The zero-order valence-electron chi connectivity index (χ0n) is 17.4. The van der Waals surface area contributed by atoms with Crippen molar-refractivity contribution in [1.82, 2.24) is 10.6 Å². The molecule has 10 nitrogen and oxygen atoms in total. The second kappa shape index (κ2) is 12.4. The lowest BCUT2D eigenvalue weighted by atomic mass is 10.0. The molecule has 3 N–H and O–H groups in total. The highest BCUT2D eigenvalue weighted by Gasteiger charge is 2.32. The summed E-state index contributed by atoms with van der Waals surface area (Å²) in [5.74, 6) is -2.88. The van der Waals surface area contributed by atoms with Crippen LogP contribution in [0.5, 0.6) is 0 Å². The van der Waals surface area contributed by atoms with E-state index >= 15 is 0 Å². The van der Waals surface area contributed by atoms with Crippen molar-refractivity contribution in [3.05, 3.63) is 35.9 Å². The number of hydrogen-bond acceptors (Lipinski definition) is 8. The van der Waals surface area contributed by atoms with Crippen LogP contribution in [0.2, 0.25) is 0 Å². The first-order valence-corrected chi connectivity index (χ1v) is 9.30. The molecule has 10 heteroatoms. The predicted molar refractivity (Wildman–Crippen MR) is 105 cm³/mol. The minimum atomic E-state index is -1.39. The third-order valence-electron chi connectivity index (χ3n) is 4.25. The quantitative estimate of drug-likeness (QED) is 0.365. The minimum absolute atomic E-state index is 0.0255. The van der Waals surface area contributed by atoms with Crippen LogP contribution in [0.3, 0.4) is 0 Å². The number of aliphatic hydroxyl groups is 1. The number of hydrogen-bond donors (Lipinski definition) is 3. The molecule has 1 aromatic carbocycles. The van der Waals surface area contributed by atoms with Crippen molar-refractivity contribution in [2.45, 2.75) is 45.1 Å². The molecule has 1 aromatic rings. The van der Waals surface area contributed by atoms with E-state index in [-0.39, 0.29) is 13.0 Å². The van der Waals surface area contributed by atoms with Gasteiger partial charge in [-0.05, 0) is 18.9 Å². The summed E-state index contributed by atoms with van der Waals surface area (Å²) in [6, 6.07) is 6.32. The van der Waals surface area contributed by atoms with E-state index in [0.29, 0.717) is 0 Å². The summed E-state index contributed by atoms with van der Waals surface area (Å²) in [6.45, 7) is 2.80. The number of methoxy groups -OCH3 is 2. The second-order valence-electron chi connectivity index (χ2n) is 6.67. The van der Waals surface area contributed by atoms with Gasteiger partial charge in [0.05, 0.1) is 26.2 Å². The van der Waals surface area contributed by atoms with Gasteiger partial charge in [0, 0.05) is 0 Å². The van der Waals surface area contributed by atoms with E-state index in [1.165, 1.54) is 21.0 Å². The van der Waals surface area contributed by atoms with Crippen LogP contribution in [0.25, 0.3) is 0 Å². The molecular formula is C20H28N2O8. The first-order valence-electron chi connectivity index (χ1n) is 9.30. The highest BCUT2D eigenvalue weighted by atomic mass is 16.5. The molecule has 0 unspecified atom stereocenters. The molecule has 0 bridgehead atoms. The summed E-state index contributed by atoms with van der Waals surface area (Å²) in [7, 11) is 2.34. The van der Waals surface area contributed by atoms with Crippen LogP contribution in [-0.2, 0) is 35.2 Å². The topological polar surface area (TPSA) is 140 Å². The predicted octanol–water partition coefficient (Wildman–Crippen LogP) is 0.519. The summed E-state index contributed by atoms with van der Waals surface area (Å²) in [5.41, 5.74) is 0.744. The molecule has 0 heterocycles. The maximum absolute atomic E-state index is 12.6. The molecule has 0 aliphatic heterocycles. The Hall–Kier alpha value is -3.14.